The second kappa shape index (κ2) is 7.47. The summed E-state index contributed by atoms with van der Waals surface area (Å²) < 4.78 is 46.9. The maximum Gasteiger partial charge on any atom is 0.433 e. The zero-order valence-corrected chi connectivity index (χ0v) is 16.2. The Morgan fingerprint density at radius 3 is 2.38 bits per heavy atom. The van der Waals surface area contributed by atoms with Gasteiger partial charge in [-0.1, -0.05) is 35.3 Å². The van der Waals surface area contributed by atoms with Crippen molar-refractivity contribution in [1.82, 2.24) is 19.5 Å². The Balaban J connectivity index is 1.88. The van der Waals surface area contributed by atoms with Crippen molar-refractivity contribution >= 4 is 34.8 Å². The van der Waals surface area contributed by atoms with E-state index in [1.807, 2.05) is 0 Å². The lowest BCUT2D eigenvalue weighted by molar-refractivity contribution is -0.142. The lowest BCUT2D eigenvalue weighted by Gasteiger charge is -2.26. The van der Waals surface area contributed by atoms with Crippen LogP contribution in [0.1, 0.15) is 16.2 Å². The molecule has 0 N–H and O–H groups in total. The number of halogens is 5. The van der Waals surface area contributed by atoms with Gasteiger partial charge in [0.1, 0.15) is 5.02 Å². The zero-order chi connectivity index (χ0) is 20.8. The summed E-state index contributed by atoms with van der Waals surface area (Å²) in [4.78, 5) is 18.4. The zero-order valence-electron chi connectivity index (χ0n) is 14.7. The number of rotatable bonds is 2. The number of carbonyl (C=O) groups is 1. The highest BCUT2D eigenvalue weighted by molar-refractivity contribution is 6.36. The maximum absolute atomic E-state index is 13.7. The maximum atomic E-state index is 13.7. The fraction of sp³-hybridized carbons (Fsp3) is 0.278. The molecular weight excluding hydrogens is 432 g/mol. The van der Waals surface area contributed by atoms with Gasteiger partial charge < -0.3 is 9.64 Å². The van der Waals surface area contributed by atoms with Crippen molar-refractivity contribution in [1.29, 1.82) is 0 Å². The van der Waals surface area contributed by atoms with E-state index in [1.165, 1.54) is 4.90 Å². The van der Waals surface area contributed by atoms with Gasteiger partial charge in [0, 0.05) is 23.7 Å². The number of hydrogen-bond acceptors (Lipinski definition) is 4. The molecule has 0 spiro atoms. The number of hydrogen-bond donors (Lipinski definition) is 0. The minimum atomic E-state index is -4.74. The molecule has 29 heavy (non-hydrogen) atoms. The average Bonchev–Trinajstić information content (AvgIpc) is 3.04. The monoisotopic (exact) mass is 444 g/mol. The Labute approximate surface area is 172 Å². The third-order valence-corrected chi connectivity index (χ3v) is 5.06. The largest absolute Gasteiger partial charge is 0.433 e. The van der Waals surface area contributed by atoms with Gasteiger partial charge in [-0.05, 0) is 18.2 Å². The van der Waals surface area contributed by atoms with Crippen LogP contribution in [0.25, 0.3) is 16.9 Å². The molecule has 2 aromatic heterocycles. The molecule has 3 aromatic rings. The Bertz CT molecular complexity index is 1080. The molecule has 4 rings (SSSR count). The number of fused-ring (bicyclic) bond motifs is 1. The van der Waals surface area contributed by atoms with Crippen LogP contribution in [-0.2, 0) is 10.9 Å². The predicted molar refractivity (Wildman–Crippen MR) is 100 cm³/mol. The van der Waals surface area contributed by atoms with E-state index in [2.05, 4.69) is 10.1 Å². The second-order valence-corrected chi connectivity index (χ2v) is 7.15. The predicted octanol–water partition coefficient (Wildman–Crippen LogP) is 4.19. The molecule has 0 unspecified atom stereocenters. The number of amides is 1. The van der Waals surface area contributed by atoms with Crippen LogP contribution in [0.3, 0.4) is 0 Å². The molecule has 0 saturated carbocycles. The topological polar surface area (TPSA) is 59.7 Å². The van der Waals surface area contributed by atoms with E-state index in [4.69, 9.17) is 27.9 Å². The molecule has 11 heteroatoms. The third-order valence-electron chi connectivity index (χ3n) is 4.46. The molecule has 0 bridgehead atoms. The van der Waals surface area contributed by atoms with E-state index in [9.17, 15) is 18.0 Å². The van der Waals surface area contributed by atoms with Crippen molar-refractivity contribution in [2.45, 2.75) is 6.18 Å². The highest BCUT2D eigenvalue weighted by atomic mass is 35.5. The molecule has 152 valence electrons. The molecule has 0 radical (unpaired) electrons. The van der Waals surface area contributed by atoms with Crippen LogP contribution in [0.5, 0.6) is 0 Å². The Kier molecular flexibility index (Phi) is 5.14. The summed E-state index contributed by atoms with van der Waals surface area (Å²) in [6.07, 6.45) is -4.74. The number of aromatic nitrogens is 3. The van der Waals surface area contributed by atoms with Crippen molar-refractivity contribution in [3.8, 4) is 11.3 Å². The first kappa shape index (κ1) is 19.9. The Morgan fingerprint density at radius 2 is 1.76 bits per heavy atom. The molecule has 3 heterocycles. The van der Waals surface area contributed by atoms with Crippen LogP contribution in [0, 0.1) is 0 Å². The van der Waals surface area contributed by atoms with Crippen LogP contribution in [-0.4, -0.2) is 51.7 Å². The van der Waals surface area contributed by atoms with Gasteiger partial charge in [0.15, 0.2) is 17.0 Å². The number of benzene rings is 1. The van der Waals surface area contributed by atoms with Crippen molar-refractivity contribution in [2.24, 2.45) is 0 Å². The van der Waals surface area contributed by atoms with Gasteiger partial charge in [-0.3, -0.25) is 4.79 Å². The van der Waals surface area contributed by atoms with E-state index in [1.54, 1.807) is 24.3 Å². The standard InChI is InChI=1S/C18H13Cl2F3N4O2/c19-11-3-1-10(2-4-11)12-9-13(18(21,22)23)27-16(24-12)14(20)15(25-27)17(28)26-5-7-29-8-6-26/h1-4,9H,5-8H2. The fourth-order valence-electron chi connectivity index (χ4n) is 3.01. The molecule has 1 aliphatic rings. The van der Waals surface area contributed by atoms with E-state index < -0.39 is 17.8 Å². The summed E-state index contributed by atoms with van der Waals surface area (Å²) in [7, 11) is 0. The van der Waals surface area contributed by atoms with Crippen LogP contribution >= 0.6 is 23.2 Å². The molecule has 6 nitrogen and oxygen atoms in total. The van der Waals surface area contributed by atoms with Crippen molar-refractivity contribution in [3.05, 3.63) is 51.8 Å². The van der Waals surface area contributed by atoms with Crippen molar-refractivity contribution in [3.63, 3.8) is 0 Å². The average molecular weight is 445 g/mol. The first-order valence-electron chi connectivity index (χ1n) is 8.55. The molecule has 1 aromatic carbocycles. The smallest absolute Gasteiger partial charge is 0.378 e. The van der Waals surface area contributed by atoms with Crippen molar-refractivity contribution in [2.75, 3.05) is 26.3 Å². The van der Waals surface area contributed by atoms with Gasteiger partial charge >= 0.3 is 6.18 Å². The van der Waals surface area contributed by atoms with E-state index in [-0.39, 0.29) is 22.1 Å². The Morgan fingerprint density at radius 1 is 1.10 bits per heavy atom. The second-order valence-electron chi connectivity index (χ2n) is 6.33. The summed E-state index contributed by atoms with van der Waals surface area (Å²) in [5.41, 5.74) is -1.16. The molecule has 0 atom stereocenters. The van der Waals surface area contributed by atoms with Gasteiger partial charge in [-0.15, -0.1) is 0 Å². The van der Waals surface area contributed by atoms with E-state index >= 15 is 0 Å². The third kappa shape index (κ3) is 3.77. The lowest BCUT2D eigenvalue weighted by atomic mass is 10.1. The van der Waals surface area contributed by atoms with Crippen LogP contribution < -0.4 is 0 Å². The first-order valence-corrected chi connectivity index (χ1v) is 9.31. The number of alkyl halides is 3. The van der Waals surface area contributed by atoms with Gasteiger partial charge in [0.2, 0.25) is 0 Å². The summed E-state index contributed by atoms with van der Waals surface area (Å²) in [6, 6.07) is 7.04. The molecule has 1 aliphatic heterocycles. The minimum absolute atomic E-state index is 0.0358. The van der Waals surface area contributed by atoms with Crippen LogP contribution in [0.4, 0.5) is 13.2 Å². The minimum Gasteiger partial charge on any atom is -0.378 e. The van der Waals surface area contributed by atoms with Gasteiger partial charge in [0.25, 0.3) is 5.91 Å². The quantitative estimate of drug-likeness (QED) is 0.594. The van der Waals surface area contributed by atoms with Gasteiger partial charge in [-0.2, -0.15) is 18.3 Å². The molecule has 1 fully saturated rings. The van der Waals surface area contributed by atoms with Crippen molar-refractivity contribution < 1.29 is 22.7 Å². The summed E-state index contributed by atoms with van der Waals surface area (Å²) in [5.74, 6) is -0.565. The normalized spacial score (nSPS) is 15.1. The summed E-state index contributed by atoms with van der Waals surface area (Å²) in [5, 5.41) is 4.05. The molecule has 1 amide bonds. The fourth-order valence-corrected chi connectivity index (χ4v) is 3.38. The number of morpholine rings is 1. The molecule has 1 saturated heterocycles. The lowest BCUT2D eigenvalue weighted by Crippen LogP contribution is -2.41. The molecular formula is C18H13Cl2F3N4O2. The van der Waals surface area contributed by atoms with E-state index in [0.29, 0.717) is 41.4 Å². The Hall–Kier alpha value is -2.36. The first-order chi connectivity index (χ1) is 13.8. The van der Waals surface area contributed by atoms with Gasteiger partial charge in [0.05, 0.1) is 18.9 Å². The number of carbonyl (C=O) groups excluding carboxylic acids is 1. The van der Waals surface area contributed by atoms with Crippen LogP contribution in [0.15, 0.2) is 30.3 Å². The number of ether oxygens (including phenoxy) is 1. The highest BCUT2D eigenvalue weighted by Gasteiger charge is 2.37. The summed E-state index contributed by atoms with van der Waals surface area (Å²) in [6.45, 7) is 1.28. The summed E-state index contributed by atoms with van der Waals surface area (Å²) >= 11 is 12.1. The van der Waals surface area contributed by atoms with Gasteiger partial charge in [-0.25, -0.2) is 9.50 Å². The molecule has 0 aliphatic carbocycles. The van der Waals surface area contributed by atoms with E-state index in [0.717, 1.165) is 6.07 Å². The van der Waals surface area contributed by atoms with Crippen LogP contribution in [0.2, 0.25) is 10.0 Å². The SMILES string of the molecule is O=C(c1nn2c(C(F)(F)F)cc(-c3ccc(Cl)cc3)nc2c1Cl)N1CCOCC1. The highest BCUT2D eigenvalue weighted by Crippen LogP contribution is 2.35. The number of nitrogens with zero attached hydrogens (tertiary/aromatic N) is 4.